The fourth-order valence-corrected chi connectivity index (χ4v) is 3.27. The molecule has 1 unspecified atom stereocenters. The van der Waals surface area contributed by atoms with Crippen LogP contribution in [0.2, 0.25) is 0 Å². The Hall–Kier alpha value is -2.28. The zero-order chi connectivity index (χ0) is 17.8. The molecule has 1 atom stereocenters. The Morgan fingerprint density at radius 3 is 3.00 bits per heavy atom. The molecule has 2 aromatic heterocycles. The van der Waals surface area contributed by atoms with Crippen molar-refractivity contribution in [1.29, 1.82) is 0 Å². The number of ether oxygens (including phenoxy) is 1. The molecule has 3 heterocycles. The predicted molar refractivity (Wildman–Crippen MR) is 93.2 cm³/mol. The summed E-state index contributed by atoms with van der Waals surface area (Å²) >= 11 is 0. The third kappa shape index (κ3) is 4.04. The second-order valence-electron chi connectivity index (χ2n) is 6.43. The number of carbonyl (C=O) groups excluding carboxylic acids is 1. The fourth-order valence-electron chi connectivity index (χ4n) is 3.27. The molecule has 3 rings (SSSR count). The van der Waals surface area contributed by atoms with Gasteiger partial charge in [-0.3, -0.25) is 9.48 Å². The average molecular weight is 343 g/mol. The minimum Gasteiger partial charge on any atom is -0.377 e. The molecule has 0 radical (unpaired) electrons. The first-order valence-electron chi connectivity index (χ1n) is 8.77. The zero-order valence-corrected chi connectivity index (χ0v) is 15.1. The highest BCUT2D eigenvalue weighted by atomic mass is 16.5. The van der Waals surface area contributed by atoms with Gasteiger partial charge in [-0.1, -0.05) is 0 Å². The summed E-state index contributed by atoms with van der Waals surface area (Å²) in [6.45, 7) is 6.46. The van der Waals surface area contributed by atoms with Gasteiger partial charge in [-0.05, 0) is 32.8 Å². The number of likely N-dealkylation sites (tertiary alicyclic amines) is 1. The third-order valence-electron chi connectivity index (χ3n) is 4.51. The molecule has 1 amide bonds. The second-order valence-corrected chi connectivity index (χ2v) is 6.43. The smallest absolute Gasteiger partial charge is 0.274 e. The molecule has 0 saturated carbocycles. The van der Waals surface area contributed by atoms with Crippen molar-refractivity contribution in [3.63, 3.8) is 0 Å². The molecule has 1 saturated heterocycles. The molecule has 1 aliphatic rings. The van der Waals surface area contributed by atoms with Gasteiger partial charge in [0, 0.05) is 50.6 Å². The first-order chi connectivity index (χ1) is 12.1. The first kappa shape index (κ1) is 17.5. The van der Waals surface area contributed by atoms with E-state index in [-0.39, 0.29) is 11.8 Å². The number of aryl methyl sites for hydroxylation is 2. The summed E-state index contributed by atoms with van der Waals surface area (Å²) in [7, 11) is 1.82. The van der Waals surface area contributed by atoms with E-state index in [9.17, 15) is 4.79 Å². The number of piperidine rings is 1. The van der Waals surface area contributed by atoms with Crippen LogP contribution in [0.25, 0.3) is 0 Å². The minimum absolute atomic E-state index is 0.0116. The van der Waals surface area contributed by atoms with Crippen molar-refractivity contribution < 1.29 is 9.53 Å². The van der Waals surface area contributed by atoms with Gasteiger partial charge in [0.2, 0.25) is 0 Å². The van der Waals surface area contributed by atoms with Crippen LogP contribution in [0.3, 0.4) is 0 Å². The lowest BCUT2D eigenvalue weighted by Gasteiger charge is -2.33. The summed E-state index contributed by atoms with van der Waals surface area (Å²) in [4.78, 5) is 23.6. The minimum atomic E-state index is -0.0116. The summed E-state index contributed by atoms with van der Waals surface area (Å²) in [5.74, 6) is 0.949. The highest BCUT2D eigenvalue weighted by molar-refractivity contribution is 5.92. The van der Waals surface area contributed by atoms with Crippen LogP contribution in [0, 0.1) is 6.92 Å². The Bertz CT molecular complexity index is 743. The van der Waals surface area contributed by atoms with Crippen molar-refractivity contribution in [2.75, 3.05) is 19.7 Å². The van der Waals surface area contributed by atoms with E-state index >= 15 is 0 Å². The van der Waals surface area contributed by atoms with Crippen molar-refractivity contribution in [3.05, 3.63) is 41.2 Å². The van der Waals surface area contributed by atoms with Gasteiger partial charge in [0.15, 0.2) is 0 Å². The number of hydrogen-bond donors (Lipinski definition) is 0. The fraction of sp³-hybridized carbons (Fsp3) is 0.556. The van der Waals surface area contributed by atoms with Gasteiger partial charge in [-0.15, -0.1) is 0 Å². The van der Waals surface area contributed by atoms with Gasteiger partial charge >= 0.3 is 0 Å². The zero-order valence-electron chi connectivity index (χ0n) is 15.1. The summed E-state index contributed by atoms with van der Waals surface area (Å²) in [5, 5.41) is 4.24. The standard InChI is InChI=1S/C18H25N5O2/c1-4-25-12-15-10-19-13(2)20-17(15)14-6-5-8-23(11-14)18(24)16-7-9-22(3)21-16/h7,9-10,14H,4-6,8,11-12H2,1-3H3. The molecule has 1 fully saturated rings. The van der Waals surface area contributed by atoms with E-state index in [1.54, 1.807) is 16.9 Å². The SMILES string of the molecule is CCOCc1cnc(C)nc1C1CCCN(C(=O)c2ccn(C)n2)C1. The van der Waals surface area contributed by atoms with E-state index in [2.05, 4.69) is 15.1 Å². The van der Waals surface area contributed by atoms with Crippen molar-refractivity contribution in [1.82, 2.24) is 24.6 Å². The molecule has 2 aromatic rings. The van der Waals surface area contributed by atoms with Gasteiger partial charge in [0.25, 0.3) is 5.91 Å². The molecule has 0 N–H and O–H groups in total. The normalized spacial score (nSPS) is 17.7. The second kappa shape index (κ2) is 7.74. The maximum absolute atomic E-state index is 12.7. The molecular weight excluding hydrogens is 318 g/mol. The van der Waals surface area contributed by atoms with E-state index in [1.165, 1.54) is 0 Å². The van der Waals surface area contributed by atoms with Crippen molar-refractivity contribution >= 4 is 5.91 Å². The number of amides is 1. The quantitative estimate of drug-likeness (QED) is 0.831. The third-order valence-corrected chi connectivity index (χ3v) is 4.51. The Morgan fingerprint density at radius 2 is 2.28 bits per heavy atom. The Kier molecular flexibility index (Phi) is 5.43. The molecule has 0 spiro atoms. The highest BCUT2D eigenvalue weighted by Crippen LogP contribution is 2.29. The predicted octanol–water partition coefficient (Wildman–Crippen LogP) is 2.07. The molecule has 134 valence electrons. The monoisotopic (exact) mass is 343 g/mol. The van der Waals surface area contributed by atoms with Gasteiger partial charge < -0.3 is 9.64 Å². The van der Waals surface area contributed by atoms with E-state index in [4.69, 9.17) is 4.74 Å². The van der Waals surface area contributed by atoms with Crippen molar-refractivity contribution in [2.45, 2.75) is 39.2 Å². The summed E-state index contributed by atoms with van der Waals surface area (Å²) in [6.07, 6.45) is 5.62. The number of nitrogens with zero attached hydrogens (tertiary/aromatic N) is 5. The lowest BCUT2D eigenvalue weighted by Crippen LogP contribution is -2.39. The van der Waals surface area contributed by atoms with E-state index in [1.807, 2.05) is 32.0 Å². The molecule has 7 heteroatoms. The first-order valence-corrected chi connectivity index (χ1v) is 8.77. The largest absolute Gasteiger partial charge is 0.377 e. The topological polar surface area (TPSA) is 73.1 Å². The molecule has 0 aliphatic carbocycles. The lowest BCUT2D eigenvalue weighted by atomic mass is 9.92. The van der Waals surface area contributed by atoms with E-state index in [0.29, 0.717) is 25.5 Å². The maximum Gasteiger partial charge on any atom is 0.274 e. The van der Waals surface area contributed by atoms with Gasteiger partial charge in [-0.2, -0.15) is 5.10 Å². The molecule has 1 aliphatic heterocycles. The molecule has 0 aromatic carbocycles. The molecule has 7 nitrogen and oxygen atoms in total. The number of rotatable bonds is 5. The Labute approximate surface area is 148 Å². The van der Waals surface area contributed by atoms with Crippen molar-refractivity contribution in [2.24, 2.45) is 7.05 Å². The molecular formula is C18H25N5O2. The Balaban J connectivity index is 1.79. The van der Waals surface area contributed by atoms with Crippen LogP contribution in [-0.2, 0) is 18.4 Å². The van der Waals surface area contributed by atoms with Crippen LogP contribution in [0.5, 0.6) is 0 Å². The van der Waals surface area contributed by atoms with Crippen molar-refractivity contribution in [3.8, 4) is 0 Å². The Morgan fingerprint density at radius 1 is 1.44 bits per heavy atom. The van der Waals surface area contributed by atoms with Crippen LogP contribution in [0.15, 0.2) is 18.5 Å². The van der Waals surface area contributed by atoms with Crippen LogP contribution in [-0.4, -0.2) is 50.3 Å². The molecule has 0 bridgehead atoms. The van der Waals surface area contributed by atoms with Crippen LogP contribution in [0.1, 0.15) is 53.3 Å². The number of hydrogen-bond acceptors (Lipinski definition) is 5. The summed E-state index contributed by atoms with van der Waals surface area (Å²) in [6, 6.07) is 1.77. The van der Waals surface area contributed by atoms with Crippen LogP contribution in [0.4, 0.5) is 0 Å². The summed E-state index contributed by atoms with van der Waals surface area (Å²) in [5.41, 5.74) is 2.53. The highest BCUT2D eigenvalue weighted by Gasteiger charge is 2.29. The number of carbonyl (C=O) groups is 1. The molecule has 25 heavy (non-hydrogen) atoms. The number of aromatic nitrogens is 4. The average Bonchev–Trinajstić information content (AvgIpc) is 3.06. The maximum atomic E-state index is 12.7. The van der Waals surface area contributed by atoms with Gasteiger partial charge in [0.05, 0.1) is 12.3 Å². The lowest BCUT2D eigenvalue weighted by molar-refractivity contribution is 0.0697. The summed E-state index contributed by atoms with van der Waals surface area (Å²) < 4.78 is 7.22. The van der Waals surface area contributed by atoms with Crippen LogP contribution >= 0.6 is 0 Å². The van der Waals surface area contributed by atoms with Gasteiger partial charge in [-0.25, -0.2) is 9.97 Å². The van der Waals surface area contributed by atoms with E-state index in [0.717, 1.165) is 36.5 Å². The van der Waals surface area contributed by atoms with E-state index < -0.39 is 0 Å². The van der Waals surface area contributed by atoms with Crippen LogP contribution < -0.4 is 0 Å². The van der Waals surface area contributed by atoms with Gasteiger partial charge in [0.1, 0.15) is 11.5 Å².